The number of aromatic nitrogens is 3. The number of aliphatic carboxylic acids is 1. The van der Waals surface area contributed by atoms with E-state index in [0.29, 0.717) is 32.9 Å². The monoisotopic (exact) mass is 644 g/mol. The number of carbonyl (C=O) groups is 3. The number of hydrogen-bond acceptors (Lipinski definition) is 11. The van der Waals surface area contributed by atoms with Crippen LogP contribution in [-0.2, 0) is 14.4 Å². The second-order valence-electron chi connectivity index (χ2n) is 8.17. The van der Waals surface area contributed by atoms with Gasteiger partial charge in [-0.15, -0.1) is 23.5 Å². The number of aromatic amines is 1. The van der Waals surface area contributed by atoms with Crippen molar-refractivity contribution in [2.24, 2.45) is 0 Å². The largest absolute Gasteiger partial charge is 0.477 e. The molecule has 1 fully saturated rings. The fraction of sp³-hybridized carbons (Fsp3) is 0.304. The number of carboxylic acid groups (broad SMARTS) is 1. The van der Waals surface area contributed by atoms with Gasteiger partial charge in [0.05, 0.1) is 12.4 Å². The lowest BCUT2D eigenvalue weighted by Gasteiger charge is -2.49. The molecule has 2 amide bonds. The van der Waals surface area contributed by atoms with Gasteiger partial charge in [0.2, 0.25) is 5.91 Å². The van der Waals surface area contributed by atoms with Gasteiger partial charge in [-0.05, 0) is 17.7 Å². The molecule has 0 bridgehead atoms. The van der Waals surface area contributed by atoms with E-state index < -0.39 is 29.2 Å². The molecule has 1 saturated heterocycles. The minimum atomic E-state index is -1.24. The Bertz CT molecular complexity index is 1420. The number of halogens is 2. The Balaban J connectivity index is 1.35. The highest BCUT2D eigenvalue weighted by Gasteiger charge is 2.53. The van der Waals surface area contributed by atoms with E-state index in [1.54, 1.807) is 24.3 Å². The summed E-state index contributed by atoms with van der Waals surface area (Å²) in [7, 11) is 0. The van der Waals surface area contributed by atoms with Gasteiger partial charge in [0.1, 0.15) is 33.2 Å². The number of carbonyl (C=O) groups excluding carboxylic acids is 2. The summed E-state index contributed by atoms with van der Waals surface area (Å²) in [6.07, 6.45) is 3.35. The molecule has 0 saturated carbocycles. The number of hydrogen-bond donors (Lipinski definition) is 5. The van der Waals surface area contributed by atoms with E-state index in [9.17, 15) is 24.3 Å². The van der Waals surface area contributed by atoms with Crippen molar-refractivity contribution in [3.63, 3.8) is 0 Å². The summed E-state index contributed by atoms with van der Waals surface area (Å²) < 4.78 is 0. The molecule has 2 aliphatic rings. The maximum Gasteiger partial charge on any atom is 0.352 e. The Kier molecular flexibility index (Phi) is 10.4. The van der Waals surface area contributed by atoms with E-state index in [1.165, 1.54) is 46.3 Å². The first-order valence-corrected chi connectivity index (χ1v) is 15.4. The molecule has 40 heavy (non-hydrogen) atoms. The molecule has 0 spiro atoms. The summed E-state index contributed by atoms with van der Waals surface area (Å²) in [6.45, 7) is 0.142. The Morgan fingerprint density at radius 1 is 1.20 bits per heavy atom. The molecule has 0 radical (unpaired) electrons. The number of aliphatic hydroxyl groups is 1. The number of anilines is 1. The number of carboxylic acids is 1. The fourth-order valence-electron chi connectivity index (χ4n) is 3.76. The van der Waals surface area contributed by atoms with Crippen molar-refractivity contribution in [2.45, 2.75) is 21.5 Å². The number of amides is 2. The van der Waals surface area contributed by atoms with Gasteiger partial charge in [0.15, 0.2) is 5.16 Å². The van der Waals surface area contributed by atoms with Crippen molar-refractivity contribution < 1.29 is 24.6 Å². The summed E-state index contributed by atoms with van der Waals surface area (Å²) in [5.74, 6) is -1.11. The van der Waals surface area contributed by atoms with Gasteiger partial charge in [0.25, 0.3) is 11.5 Å². The molecule has 2 aromatic heterocycles. The highest BCUT2D eigenvalue weighted by molar-refractivity contribution is 8.00. The molecule has 2 aromatic rings. The average molecular weight is 646 g/mol. The normalized spacial score (nSPS) is 18.5. The van der Waals surface area contributed by atoms with Crippen LogP contribution in [0.1, 0.15) is 0 Å². The van der Waals surface area contributed by atoms with Crippen molar-refractivity contribution in [3.8, 4) is 0 Å². The molecule has 0 aliphatic carbocycles. The number of nitrogens with zero attached hydrogens (tertiary/aromatic N) is 3. The van der Waals surface area contributed by atoms with Crippen LogP contribution in [0.5, 0.6) is 0 Å². The summed E-state index contributed by atoms with van der Waals surface area (Å²) in [5, 5.41) is 24.5. The summed E-state index contributed by atoms with van der Waals surface area (Å²) in [5.41, 5.74) is -0.0258. The van der Waals surface area contributed by atoms with Gasteiger partial charge in [0, 0.05) is 29.0 Å². The van der Waals surface area contributed by atoms with Crippen LogP contribution < -0.4 is 16.2 Å². The zero-order valence-corrected chi connectivity index (χ0v) is 24.4. The van der Waals surface area contributed by atoms with Crippen molar-refractivity contribution >= 4 is 82.1 Å². The smallest absolute Gasteiger partial charge is 0.352 e. The van der Waals surface area contributed by atoms with Crippen molar-refractivity contribution in [1.82, 2.24) is 25.2 Å². The summed E-state index contributed by atoms with van der Waals surface area (Å²) in [6, 6.07) is 3.58. The van der Waals surface area contributed by atoms with Gasteiger partial charge in [-0.25, -0.2) is 14.8 Å². The number of nitrogens with one attached hydrogen (secondary N) is 3. The number of aliphatic hydroxyl groups excluding tert-OH is 1. The van der Waals surface area contributed by atoms with Gasteiger partial charge >= 0.3 is 5.97 Å². The number of pyridine rings is 1. The Morgan fingerprint density at radius 3 is 2.65 bits per heavy atom. The maximum absolute atomic E-state index is 12.9. The molecule has 12 nitrogen and oxygen atoms in total. The van der Waals surface area contributed by atoms with Crippen LogP contribution in [0, 0.1) is 0 Å². The number of thioether (sulfide) groups is 3. The van der Waals surface area contributed by atoms with Gasteiger partial charge in [-0.2, -0.15) is 0 Å². The molecule has 4 rings (SSSR count). The summed E-state index contributed by atoms with van der Waals surface area (Å²) >= 11 is 15.5. The van der Waals surface area contributed by atoms with Crippen LogP contribution in [0.2, 0.25) is 10.3 Å². The standard InChI is InChI=1S/C23H22Cl2N6O6S3/c24-13-6-12(7-14(25)27-13)39-10-17(34)29-18-20(35)31-19(22(36)37)11(9-40-21(18)31)2-1-5-38-23-28-15(26-3-4-32)8-16(33)30-23/h1-2,6-8,18,21,32H,3-5,9-10H2,(H,29,34)(H,36,37)(H2,26,28,30,33)/b2-1+/t18-,21-/m1/s1. The van der Waals surface area contributed by atoms with Gasteiger partial charge in [-0.3, -0.25) is 19.3 Å². The first-order valence-electron chi connectivity index (χ1n) is 11.6. The molecule has 17 heteroatoms. The zero-order valence-electron chi connectivity index (χ0n) is 20.4. The third kappa shape index (κ3) is 7.53. The Labute approximate surface area is 250 Å². The molecule has 2 atom stereocenters. The SMILES string of the molecule is O=C(CSc1cc(Cl)nc(Cl)c1)N[C@@H]1C(=O)N2C(C(=O)O)=C(/C=C/CSc3nc(NCCO)cc(=O)[nH]3)CS[C@H]12. The van der Waals surface area contributed by atoms with E-state index in [1.807, 2.05) is 0 Å². The molecule has 212 valence electrons. The van der Waals surface area contributed by atoms with E-state index in [4.69, 9.17) is 28.3 Å². The topological polar surface area (TPSA) is 178 Å². The molecular formula is C23H22Cl2N6O6S3. The van der Waals surface area contributed by atoms with E-state index in [-0.39, 0.29) is 40.5 Å². The number of rotatable bonds is 12. The average Bonchev–Trinajstić information content (AvgIpc) is 2.90. The predicted molar refractivity (Wildman–Crippen MR) is 155 cm³/mol. The second kappa shape index (κ2) is 13.8. The minimum Gasteiger partial charge on any atom is -0.477 e. The molecular weight excluding hydrogens is 623 g/mol. The summed E-state index contributed by atoms with van der Waals surface area (Å²) in [4.78, 5) is 61.8. The molecule has 2 aliphatic heterocycles. The second-order valence-corrected chi connectivity index (χ2v) is 12.1. The number of allylic oxidation sites excluding steroid dienone is 1. The lowest BCUT2D eigenvalue weighted by Crippen LogP contribution is -2.70. The van der Waals surface area contributed by atoms with Crippen LogP contribution in [0.4, 0.5) is 5.82 Å². The Morgan fingerprint density at radius 2 is 1.95 bits per heavy atom. The van der Waals surface area contributed by atoms with Crippen LogP contribution in [0.25, 0.3) is 0 Å². The van der Waals surface area contributed by atoms with Crippen LogP contribution in [0.15, 0.2) is 56.5 Å². The van der Waals surface area contributed by atoms with E-state index in [0.717, 1.165) is 0 Å². The predicted octanol–water partition coefficient (Wildman–Crippen LogP) is 2.06. The molecule has 4 heterocycles. The first-order chi connectivity index (χ1) is 19.2. The Hall–Kier alpha value is -2.69. The van der Waals surface area contributed by atoms with E-state index in [2.05, 4.69) is 25.6 Å². The van der Waals surface area contributed by atoms with Crippen LogP contribution in [-0.4, -0.2) is 89.7 Å². The number of β-lactam (4-membered cyclic amide) rings is 1. The first kappa shape index (κ1) is 30.3. The maximum atomic E-state index is 12.9. The van der Waals surface area contributed by atoms with Crippen molar-refractivity contribution in [3.05, 3.63) is 62.3 Å². The van der Waals surface area contributed by atoms with Crippen LogP contribution in [0.3, 0.4) is 0 Å². The number of H-pyrrole nitrogens is 1. The van der Waals surface area contributed by atoms with Gasteiger partial charge < -0.3 is 25.8 Å². The zero-order chi connectivity index (χ0) is 28.8. The van der Waals surface area contributed by atoms with Crippen molar-refractivity contribution in [1.29, 1.82) is 0 Å². The van der Waals surface area contributed by atoms with Crippen LogP contribution >= 0.6 is 58.5 Å². The van der Waals surface area contributed by atoms with Gasteiger partial charge in [-0.1, -0.05) is 47.1 Å². The minimum absolute atomic E-state index is 0.00560. The third-order valence-corrected chi connectivity index (χ3v) is 8.89. The quantitative estimate of drug-likeness (QED) is 0.0984. The highest BCUT2D eigenvalue weighted by atomic mass is 35.5. The fourth-order valence-corrected chi connectivity index (χ4v) is 7.12. The van der Waals surface area contributed by atoms with E-state index >= 15 is 0 Å². The highest BCUT2D eigenvalue weighted by Crippen LogP contribution is 2.40. The molecule has 5 N–H and O–H groups in total. The van der Waals surface area contributed by atoms with Crippen molar-refractivity contribution in [2.75, 3.05) is 35.7 Å². The third-order valence-electron chi connectivity index (χ3n) is 5.40. The number of fused-ring (bicyclic) bond motifs is 1. The lowest BCUT2D eigenvalue weighted by atomic mass is 10.0. The molecule has 0 unspecified atom stereocenters. The molecule has 0 aromatic carbocycles. The lowest BCUT2D eigenvalue weighted by molar-refractivity contribution is -0.150.